The number of ether oxygens (including phenoxy) is 1. The van der Waals surface area contributed by atoms with E-state index in [0.29, 0.717) is 26.0 Å². The molecule has 1 atom stereocenters. The first-order valence-corrected chi connectivity index (χ1v) is 6.21. The van der Waals surface area contributed by atoms with Crippen LogP contribution in [0.2, 0.25) is 0 Å². The van der Waals surface area contributed by atoms with E-state index in [1.54, 1.807) is 7.11 Å². The normalized spacial score (nSPS) is 12.2. The van der Waals surface area contributed by atoms with Crippen LogP contribution in [0.1, 0.15) is 30.9 Å². The highest BCUT2D eigenvalue weighted by Gasteiger charge is 2.05. The summed E-state index contributed by atoms with van der Waals surface area (Å²) >= 11 is 0. The molecule has 0 bridgehead atoms. The summed E-state index contributed by atoms with van der Waals surface area (Å²) in [6.45, 7) is 3.00. The fourth-order valence-electron chi connectivity index (χ4n) is 1.67. The van der Waals surface area contributed by atoms with E-state index in [9.17, 15) is 4.79 Å². The molecule has 3 N–H and O–H groups in total. The Bertz CT molecular complexity index is 378. The summed E-state index contributed by atoms with van der Waals surface area (Å²) in [7, 11) is 1.66. The van der Waals surface area contributed by atoms with Crippen molar-refractivity contribution in [2.75, 3.05) is 7.11 Å². The predicted octanol–water partition coefficient (Wildman–Crippen LogP) is 1.58. The monoisotopic (exact) mass is 250 g/mol. The summed E-state index contributed by atoms with van der Waals surface area (Å²) in [6, 6.07) is 8.00. The lowest BCUT2D eigenvalue weighted by molar-refractivity contribution is -0.121. The summed E-state index contributed by atoms with van der Waals surface area (Å²) in [4.78, 5) is 11.6. The molecule has 0 saturated carbocycles. The molecular weight excluding hydrogens is 228 g/mol. The number of carbonyl (C=O) groups is 1. The molecule has 1 rings (SSSR count). The molecule has 1 aromatic rings. The molecule has 0 radical (unpaired) electrons. The highest BCUT2D eigenvalue weighted by atomic mass is 16.5. The van der Waals surface area contributed by atoms with Crippen molar-refractivity contribution in [2.45, 2.75) is 39.0 Å². The van der Waals surface area contributed by atoms with Crippen LogP contribution < -0.4 is 11.1 Å². The molecule has 1 aromatic carbocycles. The average molecular weight is 250 g/mol. The molecule has 4 nitrogen and oxygen atoms in total. The molecule has 0 saturated heterocycles. The first-order valence-electron chi connectivity index (χ1n) is 6.21. The highest BCUT2D eigenvalue weighted by Crippen LogP contribution is 2.09. The van der Waals surface area contributed by atoms with Crippen LogP contribution in [0.4, 0.5) is 0 Å². The van der Waals surface area contributed by atoms with Crippen molar-refractivity contribution in [3.63, 3.8) is 0 Å². The first-order chi connectivity index (χ1) is 8.63. The van der Waals surface area contributed by atoms with Crippen molar-refractivity contribution < 1.29 is 9.53 Å². The van der Waals surface area contributed by atoms with E-state index in [1.165, 1.54) is 0 Å². The van der Waals surface area contributed by atoms with E-state index in [1.807, 2.05) is 31.2 Å². The second-order valence-corrected chi connectivity index (χ2v) is 4.49. The molecule has 1 amide bonds. The van der Waals surface area contributed by atoms with Crippen LogP contribution in [-0.4, -0.2) is 19.1 Å². The van der Waals surface area contributed by atoms with E-state index in [2.05, 4.69) is 5.32 Å². The molecule has 0 heterocycles. The minimum atomic E-state index is 0.0412. The maximum atomic E-state index is 11.6. The SMILES string of the molecule is COCc1ccccc1CNC(=O)CCC(C)N. The van der Waals surface area contributed by atoms with Crippen molar-refractivity contribution in [2.24, 2.45) is 5.73 Å². The Labute approximate surface area is 109 Å². The Kier molecular flexibility index (Phi) is 6.39. The molecule has 4 heteroatoms. The molecule has 0 aliphatic rings. The van der Waals surface area contributed by atoms with Gasteiger partial charge in [0.25, 0.3) is 0 Å². The maximum Gasteiger partial charge on any atom is 0.220 e. The third-order valence-corrected chi connectivity index (χ3v) is 2.72. The summed E-state index contributed by atoms with van der Waals surface area (Å²) in [6.07, 6.45) is 1.19. The summed E-state index contributed by atoms with van der Waals surface area (Å²) in [5, 5.41) is 2.90. The molecule has 0 aliphatic carbocycles. The van der Waals surface area contributed by atoms with Gasteiger partial charge in [-0.15, -0.1) is 0 Å². The largest absolute Gasteiger partial charge is 0.380 e. The highest BCUT2D eigenvalue weighted by molar-refractivity contribution is 5.75. The molecule has 0 fully saturated rings. The zero-order chi connectivity index (χ0) is 13.4. The van der Waals surface area contributed by atoms with Gasteiger partial charge in [0.2, 0.25) is 5.91 Å². The van der Waals surface area contributed by atoms with Crippen LogP contribution in [-0.2, 0) is 22.7 Å². The van der Waals surface area contributed by atoms with Gasteiger partial charge in [-0.25, -0.2) is 0 Å². The van der Waals surface area contributed by atoms with E-state index in [0.717, 1.165) is 11.1 Å². The minimum Gasteiger partial charge on any atom is -0.380 e. The first kappa shape index (κ1) is 14.7. The van der Waals surface area contributed by atoms with Gasteiger partial charge in [0, 0.05) is 26.1 Å². The van der Waals surface area contributed by atoms with Crippen molar-refractivity contribution in [3.8, 4) is 0 Å². The zero-order valence-electron chi connectivity index (χ0n) is 11.1. The lowest BCUT2D eigenvalue weighted by Crippen LogP contribution is -2.25. The Morgan fingerprint density at radius 3 is 2.67 bits per heavy atom. The molecule has 1 unspecified atom stereocenters. The molecule has 0 aliphatic heterocycles. The number of amides is 1. The predicted molar refractivity (Wildman–Crippen MR) is 71.9 cm³/mol. The van der Waals surface area contributed by atoms with E-state index in [-0.39, 0.29) is 11.9 Å². The van der Waals surface area contributed by atoms with Crippen molar-refractivity contribution in [1.29, 1.82) is 0 Å². The number of carbonyl (C=O) groups excluding carboxylic acids is 1. The molecular formula is C14H22N2O2. The van der Waals surface area contributed by atoms with Crippen LogP contribution in [0.3, 0.4) is 0 Å². The molecule has 0 aromatic heterocycles. The van der Waals surface area contributed by atoms with Gasteiger partial charge in [-0.1, -0.05) is 24.3 Å². The smallest absolute Gasteiger partial charge is 0.220 e. The standard InChI is InChI=1S/C14H22N2O2/c1-11(15)7-8-14(17)16-9-12-5-3-4-6-13(12)10-18-2/h3-6,11H,7-10,15H2,1-2H3,(H,16,17). The van der Waals surface area contributed by atoms with Gasteiger partial charge < -0.3 is 15.8 Å². The van der Waals surface area contributed by atoms with Crippen LogP contribution in [0.5, 0.6) is 0 Å². The zero-order valence-corrected chi connectivity index (χ0v) is 11.1. The summed E-state index contributed by atoms with van der Waals surface area (Å²) in [5.41, 5.74) is 7.81. The van der Waals surface area contributed by atoms with Crippen LogP contribution in [0, 0.1) is 0 Å². The van der Waals surface area contributed by atoms with Crippen LogP contribution in [0.15, 0.2) is 24.3 Å². The van der Waals surface area contributed by atoms with E-state index < -0.39 is 0 Å². The van der Waals surface area contributed by atoms with E-state index in [4.69, 9.17) is 10.5 Å². The quantitative estimate of drug-likeness (QED) is 0.772. The van der Waals surface area contributed by atoms with Gasteiger partial charge in [-0.05, 0) is 24.5 Å². The molecule has 0 spiro atoms. The Hall–Kier alpha value is -1.39. The van der Waals surface area contributed by atoms with Crippen molar-refractivity contribution in [3.05, 3.63) is 35.4 Å². The van der Waals surface area contributed by atoms with E-state index >= 15 is 0 Å². The third kappa shape index (κ3) is 5.29. The van der Waals surface area contributed by atoms with Crippen LogP contribution in [0.25, 0.3) is 0 Å². The average Bonchev–Trinajstić information content (AvgIpc) is 2.35. The Morgan fingerprint density at radius 2 is 2.06 bits per heavy atom. The maximum absolute atomic E-state index is 11.6. The number of methoxy groups -OCH3 is 1. The fourth-order valence-corrected chi connectivity index (χ4v) is 1.67. The lowest BCUT2D eigenvalue weighted by atomic mass is 10.1. The number of hydrogen-bond acceptors (Lipinski definition) is 3. The lowest BCUT2D eigenvalue weighted by Gasteiger charge is -2.10. The van der Waals surface area contributed by atoms with Crippen molar-refractivity contribution in [1.82, 2.24) is 5.32 Å². The Balaban J connectivity index is 2.45. The number of nitrogens with one attached hydrogen (secondary N) is 1. The molecule has 18 heavy (non-hydrogen) atoms. The second kappa shape index (κ2) is 7.84. The second-order valence-electron chi connectivity index (χ2n) is 4.49. The topological polar surface area (TPSA) is 64.3 Å². The van der Waals surface area contributed by atoms with Gasteiger partial charge in [-0.3, -0.25) is 4.79 Å². The summed E-state index contributed by atoms with van der Waals surface area (Å²) in [5.74, 6) is 0.0412. The number of hydrogen-bond donors (Lipinski definition) is 2. The van der Waals surface area contributed by atoms with Gasteiger partial charge in [0.1, 0.15) is 0 Å². The van der Waals surface area contributed by atoms with Crippen molar-refractivity contribution >= 4 is 5.91 Å². The fraction of sp³-hybridized carbons (Fsp3) is 0.500. The van der Waals surface area contributed by atoms with Gasteiger partial charge in [0.15, 0.2) is 0 Å². The van der Waals surface area contributed by atoms with Gasteiger partial charge in [-0.2, -0.15) is 0 Å². The van der Waals surface area contributed by atoms with Gasteiger partial charge in [0.05, 0.1) is 6.61 Å². The van der Waals surface area contributed by atoms with Crippen LogP contribution >= 0.6 is 0 Å². The molecule has 100 valence electrons. The number of nitrogens with two attached hydrogens (primary N) is 1. The number of benzene rings is 1. The third-order valence-electron chi connectivity index (χ3n) is 2.72. The number of rotatable bonds is 7. The minimum absolute atomic E-state index is 0.0412. The summed E-state index contributed by atoms with van der Waals surface area (Å²) < 4.78 is 5.13. The van der Waals surface area contributed by atoms with Gasteiger partial charge >= 0.3 is 0 Å². The Morgan fingerprint density at radius 1 is 1.39 bits per heavy atom.